The normalized spacial score (nSPS) is 15.0. The molecule has 41 heavy (non-hydrogen) atoms. The van der Waals surface area contributed by atoms with Gasteiger partial charge in [-0.05, 0) is 30.5 Å². The molecule has 4 heterocycles. The van der Waals surface area contributed by atoms with E-state index in [1.165, 1.54) is 15.6 Å². The van der Waals surface area contributed by atoms with E-state index in [4.69, 9.17) is 9.72 Å². The quantitative estimate of drug-likeness (QED) is 0.242. The third kappa shape index (κ3) is 6.82. The number of thiophene rings is 1. The van der Waals surface area contributed by atoms with Gasteiger partial charge < -0.3 is 14.6 Å². The number of sulfonamides is 1. The van der Waals surface area contributed by atoms with Crippen molar-refractivity contribution in [2.24, 2.45) is 0 Å². The number of amides is 1. The number of likely N-dealkylation sites (N-methyl/N-ethyl adjacent to an activating group) is 1. The van der Waals surface area contributed by atoms with Crippen LogP contribution < -0.4 is 4.31 Å². The number of piperazine rings is 1. The van der Waals surface area contributed by atoms with Crippen molar-refractivity contribution in [3.05, 3.63) is 52.9 Å². The number of carbonyl (C=O) groups excluding carboxylic acids is 1. The van der Waals surface area contributed by atoms with Crippen LogP contribution in [0.25, 0.3) is 21.6 Å². The fourth-order valence-electron chi connectivity index (χ4n) is 4.81. The van der Waals surface area contributed by atoms with Crippen LogP contribution in [0.4, 0.5) is 5.69 Å². The molecule has 4 aromatic rings. The van der Waals surface area contributed by atoms with Gasteiger partial charge in [-0.3, -0.25) is 18.9 Å². The smallest absolute Gasteiger partial charge is 0.273 e. The zero-order valence-electron chi connectivity index (χ0n) is 23.6. The molecule has 0 saturated carbocycles. The van der Waals surface area contributed by atoms with Crippen molar-refractivity contribution in [2.75, 3.05) is 70.9 Å². The molecule has 220 valence electrons. The molecule has 1 aliphatic heterocycles. The predicted octanol–water partition coefficient (Wildman–Crippen LogP) is 3.79. The van der Waals surface area contributed by atoms with Crippen molar-refractivity contribution >= 4 is 55.2 Å². The lowest BCUT2D eigenvalue weighted by Crippen LogP contribution is -2.48. The maximum atomic E-state index is 13.6. The van der Waals surface area contributed by atoms with Crippen LogP contribution >= 0.6 is 22.7 Å². The van der Waals surface area contributed by atoms with Gasteiger partial charge in [0.15, 0.2) is 0 Å². The molecule has 0 atom stereocenters. The van der Waals surface area contributed by atoms with Gasteiger partial charge in [0.25, 0.3) is 10.0 Å². The van der Waals surface area contributed by atoms with Gasteiger partial charge in [0.2, 0.25) is 5.91 Å². The Morgan fingerprint density at radius 3 is 2.61 bits per heavy atom. The number of aromatic amines is 1. The fraction of sp³-hybridized carbons (Fsp3) is 0.429. The first-order valence-corrected chi connectivity index (χ1v) is 16.8. The SMILES string of the molecule is CCOCCN(c1cccc2cc(-c3ncc(CN4CCN(CC(=O)N(C)C)CC4)s3)[nH]c12)S(=O)(=O)c1cccs1. The summed E-state index contributed by atoms with van der Waals surface area (Å²) in [7, 11) is -0.174. The summed E-state index contributed by atoms with van der Waals surface area (Å²) in [5.74, 6) is 0.133. The Bertz CT molecular complexity index is 1560. The van der Waals surface area contributed by atoms with Crippen molar-refractivity contribution < 1.29 is 17.9 Å². The summed E-state index contributed by atoms with van der Waals surface area (Å²) in [6.07, 6.45) is 1.92. The van der Waals surface area contributed by atoms with Crippen LogP contribution in [0.3, 0.4) is 0 Å². The molecule has 1 aromatic carbocycles. The first-order chi connectivity index (χ1) is 19.8. The molecule has 13 heteroatoms. The molecule has 10 nitrogen and oxygen atoms in total. The Balaban J connectivity index is 1.33. The number of carbonyl (C=O) groups is 1. The van der Waals surface area contributed by atoms with E-state index in [2.05, 4.69) is 14.8 Å². The third-order valence-corrected chi connectivity index (χ3v) is 11.3. The highest BCUT2D eigenvalue weighted by Gasteiger charge is 2.28. The number of aromatic nitrogens is 2. The molecule has 1 aliphatic rings. The van der Waals surface area contributed by atoms with Crippen LogP contribution in [0, 0.1) is 0 Å². The topological polar surface area (TPSA) is 102 Å². The second-order valence-corrected chi connectivity index (χ2v) is 14.3. The minimum absolute atomic E-state index is 0.133. The zero-order valence-corrected chi connectivity index (χ0v) is 26.0. The van der Waals surface area contributed by atoms with Gasteiger partial charge in [-0.15, -0.1) is 22.7 Å². The number of hydrogen-bond donors (Lipinski definition) is 1. The summed E-state index contributed by atoms with van der Waals surface area (Å²) < 4.78 is 34.5. The number of nitrogens with one attached hydrogen (secondary N) is 1. The second kappa shape index (κ2) is 13.0. The summed E-state index contributed by atoms with van der Waals surface area (Å²) in [4.78, 5) is 27.6. The largest absolute Gasteiger partial charge is 0.380 e. The molecule has 0 radical (unpaired) electrons. The molecule has 0 spiro atoms. The van der Waals surface area contributed by atoms with Crippen molar-refractivity contribution in [3.63, 3.8) is 0 Å². The van der Waals surface area contributed by atoms with Crippen molar-refractivity contribution in [1.29, 1.82) is 0 Å². The highest BCUT2D eigenvalue weighted by molar-refractivity contribution is 7.94. The van der Waals surface area contributed by atoms with Crippen LogP contribution in [0.5, 0.6) is 0 Å². The Morgan fingerprint density at radius 1 is 1.12 bits per heavy atom. The van der Waals surface area contributed by atoms with E-state index in [0.29, 0.717) is 29.7 Å². The Morgan fingerprint density at radius 2 is 1.90 bits per heavy atom. The lowest BCUT2D eigenvalue weighted by molar-refractivity contribution is -0.130. The van der Waals surface area contributed by atoms with E-state index < -0.39 is 10.0 Å². The van der Waals surface area contributed by atoms with Crippen LogP contribution in [0.1, 0.15) is 11.8 Å². The third-order valence-electron chi connectivity index (χ3n) is 7.07. The molecule has 1 amide bonds. The molecule has 5 rings (SSSR count). The average molecular weight is 617 g/mol. The summed E-state index contributed by atoms with van der Waals surface area (Å²) >= 11 is 2.84. The number of anilines is 1. The molecular weight excluding hydrogens is 581 g/mol. The Labute approximate surface area is 249 Å². The van der Waals surface area contributed by atoms with Gasteiger partial charge in [0.05, 0.1) is 36.6 Å². The van der Waals surface area contributed by atoms with Gasteiger partial charge >= 0.3 is 0 Å². The van der Waals surface area contributed by atoms with Crippen LogP contribution in [-0.4, -0.2) is 106 Å². The standard InChI is InChI=1S/C28H36N6O4S3/c1-4-38-15-14-34(41(36,37)26-9-6-16-39-26)24-8-5-7-21-17-23(30-27(21)24)28-29-18-22(40-28)19-32-10-12-33(13-11-32)20-25(35)31(2)3/h5-9,16-18,30H,4,10-15,19-20H2,1-3H3. The van der Waals surface area contributed by atoms with E-state index in [0.717, 1.165) is 59.2 Å². The van der Waals surface area contributed by atoms with E-state index in [-0.39, 0.29) is 12.5 Å². The van der Waals surface area contributed by atoms with E-state index in [1.807, 2.05) is 37.4 Å². The van der Waals surface area contributed by atoms with Gasteiger partial charge in [0.1, 0.15) is 9.22 Å². The predicted molar refractivity (Wildman–Crippen MR) is 165 cm³/mol. The number of thiazole rings is 1. The van der Waals surface area contributed by atoms with Gasteiger partial charge in [-0.1, -0.05) is 18.2 Å². The molecule has 3 aromatic heterocycles. The molecule has 1 N–H and O–H groups in total. The zero-order chi connectivity index (χ0) is 29.0. The lowest BCUT2D eigenvalue weighted by Gasteiger charge is -2.34. The summed E-state index contributed by atoms with van der Waals surface area (Å²) in [6.45, 7) is 7.72. The first kappa shape index (κ1) is 29.7. The number of ether oxygens (including phenoxy) is 1. The van der Waals surface area contributed by atoms with Crippen LogP contribution in [-0.2, 0) is 26.1 Å². The van der Waals surface area contributed by atoms with Crippen molar-refractivity contribution in [1.82, 2.24) is 24.7 Å². The van der Waals surface area contributed by atoms with E-state index in [1.54, 1.807) is 47.8 Å². The van der Waals surface area contributed by atoms with Crippen LogP contribution in [0.2, 0.25) is 0 Å². The monoisotopic (exact) mass is 616 g/mol. The number of rotatable bonds is 12. The van der Waals surface area contributed by atoms with Crippen molar-refractivity contribution in [3.8, 4) is 10.7 Å². The summed E-state index contributed by atoms with van der Waals surface area (Å²) in [5.41, 5.74) is 2.19. The maximum absolute atomic E-state index is 13.6. The van der Waals surface area contributed by atoms with Gasteiger partial charge in [-0.2, -0.15) is 0 Å². The number of para-hydroxylation sites is 1. The Hall–Kier alpha value is -2.81. The second-order valence-electron chi connectivity index (χ2n) is 10.1. The van der Waals surface area contributed by atoms with E-state index in [9.17, 15) is 13.2 Å². The molecule has 0 unspecified atom stereocenters. The highest BCUT2D eigenvalue weighted by Crippen LogP contribution is 2.35. The minimum Gasteiger partial charge on any atom is -0.380 e. The highest BCUT2D eigenvalue weighted by atomic mass is 32.2. The number of nitrogens with zero attached hydrogens (tertiary/aromatic N) is 5. The van der Waals surface area contributed by atoms with Crippen molar-refractivity contribution in [2.45, 2.75) is 17.7 Å². The number of benzene rings is 1. The van der Waals surface area contributed by atoms with Gasteiger partial charge in [-0.25, -0.2) is 13.4 Å². The molecule has 1 fully saturated rings. The summed E-state index contributed by atoms with van der Waals surface area (Å²) in [5, 5.41) is 3.55. The Kier molecular flexibility index (Phi) is 9.42. The van der Waals surface area contributed by atoms with Crippen LogP contribution in [0.15, 0.2) is 52.2 Å². The number of H-pyrrole nitrogens is 1. The fourth-order valence-corrected chi connectivity index (χ4v) is 8.30. The molecular formula is C28H36N6O4S3. The van der Waals surface area contributed by atoms with Gasteiger partial charge in [0, 0.05) is 69.9 Å². The number of hydrogen-bond acceptors (Lipinski definition) is 9. The van der Waals surface area contributed by atoms with E-state index >= 15 is 0 Å². The molecule has 0 aliphatic carbocycles. The average Bonchev–Trinajstić information content (AvgIpc) is 3.73. The molecule has 0 bridgehead atoms. The maximum Gasteiger partial charge on any atom is 0.273 e. The minimum atomic E-state index is -3.76. The molecule has 1 saturated heterocycles. The first-order valence-electron chi connectivity index (χ1n) is 13.6. The summed E-state index contributed by atoms with van der Waals surface area (Å²) in [6, 6.07) is 11.1. The number of fused-ring (bicyclic) bond motifs is 1. The lowest BCUT2D eigenvalue weighted by atomic mass is 10.2.